The SMILES string of the molecule is COc1ccc(S(=O)(=O)NCC(C(=O)O)C(C)C)cc1Cl. The van der Waals surface area contributed by atoms with Crippen molar-refractivity contribution in [3.63, 3.8) is 0 Å². The smallest absolute Gasteiger partial charge is 0.308 e. The zero-order valence-corrected chi connectivity index (χ0v) is 13.5. The van der Waals surface area contributed by atoms with E-state index in [1.165, 1.54) is 25.3 Å². The Hall–Kier alpha value is -1.31. The first-order valence-corrected chi connectivity index (χ1v) is 8.11. The van der Waals surface area contributed by atoms with Crippen molar-refractivity contribution in [3.05, 3.63) is 23.2 Å². The summed E-state index contributed by atoms with van der Waals surface area (Å²) in [7, 11) is -2.40. The number of halogens is 1. The van der Waals surface area contributed by atoms with Crippen LogP contribution in [0.15, 0.2) is 23.1 Å². The Balaban J connectivity index is 2.91. The highest BCUT2D eigenvalue weighted by Crippen LogP contribution is 2.26. The van der Waals surface area contributed by atoms with Crippen LogP contribution in [0.4, 0.5) is 0 Å². The summed E-state index contributed by atoms with van der Waals surface area (Å²) in [6.07, 6.45) is 0. The van der Waals surface area contributed by atoms with Gasteiger partial charge in [0.05, 0.1) is 22.9 Å². The van der Waals surface area contributed by atoms with Crippen LogP contribution < -0.4 is 9.46 Å². The first-order valence-electron chi connectivity index (χ1n) is 6.25. The topological polar surface area (TPSA) is 92.7 Å². The molecule has 0 amide bonds. The van der Waals surface area contributed by atoms with Crippen molar-refractivity contribution in [2.24, 2.45) is 11.8 Å². The maximum atomic E-state index is 12.1. The fourth-order valence-electron chi connectivity index (χ4n) is 1.71. The van der Waals surface area contributed by atoms with Crippen molar-refractivity contribution < 1.29 is 23.1 Å². The number of sulfonamides is 1. The number of aliphatic carboxylic acids is 1. The predicted octanol–water partition coefficient (Wildman–Crippen LogP) is 1.98. The summed E-state index contributed by atoms with van der Waals surface area (Å²) in [6, 6.07) is 4.04. The zero-order chi connectivity index (χ0) is 16.2. The molecule has 0 aliphatic carbocycles. The fourth-order valence-corrected chi connectivity index (χ4v) is 3.11. The first kappa shape index (κ1) is 17.7. The molecular weight excluding hydrogens is 318 g/mol. The molecule has 1 unspecified atom stereocenters. The monoisotopic (exact) mass is 335 g/mol. The van der Waals surface area contributed by atoms with E-state index in [0.29, 0.717) is 5.75 Å². The Morgan fingerprint density at radius 1 is 1.43 bits per heavy atom. The van der Waals surface area contributed by atoms with E-state index in [0.717, 1.165) is 0 Å². The average Bonchev–Trinajstić information content (AvgIpc) is 2.37. The van der Waals surface area contributed by atoms with Crippen LogP contribution in [0, 0.1) is 11.8 Å². The summed E-state index contributed by atoms with van der Waals surface area (Å²) in [5.41, 5.74) is 0. The van der Waals surface area contributed by atoms with E-state index in [1.807, 2.05) is 0 Å². The lowest BCUT2D eigenvalue weighted by molar-refractivity contribution is -0.142. The third-order valence-corrected chi connectivity index (χ3v) is 4.77. The molecule has 0 saturated carbocycles. The molecule has 0 radical (unpaired) electrons. The number of nitrogens with one attached hydrogen (secondary N) is 1. The molecule has 0 aliphatic rings. The van der Waals surface area contributed by atoms with Crippen LogP contribution in [0.25, 0.3) is 0 Å². The lowest BCUT2D eigenvalue weighted by Crippen LogP contribution is -2.35. The average molecular weight is 336 g/mol. The zero-order valence-electron chi connectivity index (χ0n) is 12.0. The number of methoxy groups -OCH3 is 1. The molecule has 0 saturated heterocycles. The molecule has 0 aromatic heterocycles. The molecule has 0 spiro atoms. The van der Waals surface area contributed by atoms with Gasteiger partial charge in [-0.3, -0.25) is 4.79 Å². The van der Waals surface area contributed by atoms with Crippen LogP contribution in [-0.2, 0) is 14.8 Å². The van der Waals surface area contributed by atoms with Gasteiger partial charge >= 0.3 is 5.97 Å². The molecule has 1 aromatic carbocycles. The number of carboxylic acids is 1. The third-order valence-electron chi connectivity index (χ3n) is 3.05. The van der Waals surface area contributed by atoms with Gasteiger partial charge in [0.2, 0.25) is 10.0 Å². The van der Waals surface area contributed by atoms with Gasteiger partial charge in [-0.25, -0.2) is 13.1 Å². The highest BCUT2D eigenvalue weighted by molar-refractivity contribution is 7.89. The van der Waals surface area contributed by atoms with Crippen LogP contribution in [0.1, 0.15) is 13.8 Å². The Bertz CT molecular complexity index is 615. The van der Waals surface area contributed by atoms with Gasteiger partial charge < -0.3 is 9.84 Å². The van der Waals surface area contributed by atoms with E-state index in [4.69, 9.17) is 21.4 Å². The second kappa shape index (κ2) is 7.11. The fraction of sp³-hybridized carbons (Fsp3) is 0.462. The van der Waals surface area contributed by atoms with Gasteiger partial charge in [0.1, 0.15) is 5.75 Å². The van der Waals surface area contributed by atoms with E-state index in [-0.39, 0.29) is 22.4 Å². The van der Waals surface area contributed by atoms with E-state index < -0.39 is 21.9 Å². The molecule has 0 bridgehead atoms. The van der Waals surface area contributed by atoms with Crippen LogP contribution in [0.2, 0.25) is 5.02 Å². The van der Waals surface area contributed by atoms with Crippen LogP contribution in [-0.4, -0.2) is 33.1 Å². The minimum absolute atomic E-state index is 0.0406. The van der Waals surface area contributed by atoms with Gasteiger partial charge in [0.25, 0.3) is 0 Å². The molecule has 2 N–H and O–H groups in total. The summed E-state index contributed by atoms with van der Waals surface area (Å²) in [6.45, 7) is 3.26. The van der Waals surface area contributed by atoms with Gasteiger partial charge in [-0.15, -0.1) is 0 Å². The summed E-state index contributed by atoms with van der Waals surface area (Å²) in [5, 5.41) is 9.22. The number of ether oxygens (including phenoxy) is 1. The molecule has 8 heteroatoms. The molecule has 0 aliphatic heterocycles. The van der Waals surface area contributed by atoms with Crippen molar-refractivity contribution in [3.8, 4) is 5.75 Å². The van der Waals surface area contributed by atoms with Gasteiger partial charge in [-0.2, -0.15) is 0 Å². The minimum atomic E-state index is -3.82. The second-order valence-electron chi connectivity index (χ2n) is 4.84. The van der Waals surface area contributed by atoms with Crippen LogP contribution >= 0.6 is 11.6 Å². The van der Waals surface area contributed by atoms with Gasteiger partial charge in [-0.1, -0.05) is 25.4 Å². The normalized spacial score (nSPS) is 13.2. The van der Waals surface area contributed by atoms with Crippen molar-refractivity contribution >= 4 is 27.6 Å². The first-order chi connectivity index (χ1) is 9.69. The molecule has 1 atom stereocenters. The van der Waals surface area contributed by atoms with Crippen molar-refractivity contribution in [2.45, 2.75) is 18.7 Å². The van der Waals surface area contributed by atoms with Crippen molar-refractivity contribution in [1.82, 2.24) is 4.72 Å². The number of rotatable bonds is 7. The largest absolute Gasteiger partial charge is 0.495 e. The number of benzene rings is 1. The lowest BCUT2D eigenvalue weighted by Gasteiger charge is -2.17. The number of carboxylic acid groups (broad SMARTS) is 1. The van der Waals surface area contributed by atoms with Gasteiger partial charge in [-0.05, 0) is 24.1 Å². The van der Waals surface area contributed by atoms with E-state index >= 15 is 0 Å². The number of hydrogen-bond acceptors (Lipinski definition) is 4. The highest BCUT2D eigenvalue weighted by atomic mass is 35.5. The van der Waals surface area contributed by atoms with Crippen LogP contribution in [0.3, 0.4) is 0 Å². The quantitative estimate of drug-likeness (QED) is 0.794. The van der Waals surface area contributed by atoms with Gasteiger partial charge in [0.15, 0.2) is 0 Å². The lowest BCUT2D eigenvalue weighted by atomic mass is 9.97. The maximum Gasteiger partial charge on any atom is 0.308 e. The summed E-state index contributed by atoms with van der Waals surface area (Å²) >= 11 is 5.89. The molecule has 6 nitrogen and oxygen atoms in total. The third kappa shape index (κ3) is 4.59. The molecular formula is C13H18ClNO5S. The molecule has 21 heavy (non-hydrogen) atoms. The van der Waals surface area contributed by atoms with E-state index in [2.05, 4.69) is 4.72 Å². The van der Waals surface area contributed by atoms with Crippen molar-refractivity contribution in [2.75, 3.05) is 13.7 Å². The molecule has 1 rings (SSSR count). The predicted molar refractivity (Wildman–Crippen MR) is 79.2 cm³/mol. The van der Waals surface area contributed by atoms with E-state index in [9.17, 15) is 13.2 Å². The summed E-state index contributed by atoms with van der Waals surface area (Å²) in [5.74, 6) is -1.67. The van der Waals surface area contributed by atoms with Crippen LogP contribution in [0.5, 0.6) is 5.75 Å². The number of carbonyl (C=O) groups is 1. The van der Waals surface area contributed by atoms with Crippen molar-refractivity contribution in [1.29, 1.82) is 0 Å². The molecule has 0 fully saturated rings. The van der Waals surface area contributed by atoms with E-state index in [1.54, 1.807) is 13.8 Å². The maximum absolute atomic E-state index is 12.1. The molecule has 0 heterocycles. The Kier molecular flexibility index (Phi) is 6.00. The number of hydrogen-bond donors (Lipinski definition) is 2. The minimum Gasteiger partial charge on any atom is -0.495 e. The summed E-state index contributed by atoms with van der Waals surface area (Å²) in [4.78, 5) is 11.0. The Morgan fingerprint density at radius 3 is 2.48 bits per heavy atom. The Morgan fingerprint density at radius 2 is 2.05 bits per heavy atom. The molecule has 1 aromatic rings. The highest BCUT2D eigenvalue weighted by Gasteiger charge is 2.24. The molecule has 118 valence electrons. The second-order valence-corrected chi connectivity index (χ2v) is 7.01. The summed E-state index contributed by atoms with van der Waals surface area (Å²) < 4.78 is 31.5. The standard InChI is InChI=1S/C13H18ClNO5S/c1-8(2)10(13(16)17)7-15-21(18,19)9-4-5-12(20-3)11(14)6-9/h4-6,8,10,15H,7H2,1-3H3,(H,16,17). The van der Waals surface area contributed by atoms with Gasteiger partial charge in [0, 0.05) is 6.54 Å². The Labute approximate surface area is 129 Å².